The summed E-state index contributed by atoms with van der Waals surface area (Å²) in [7, 11) is 0. The maximum atomic E-state index is 6.34. The standard InChI is InChI=1S/C25H19NO/c1-16-7-5-10-19-21-15-18(25-17(2)8-6-14-26-25)12-13-23(21)27-22-11-4-3-9-20(22)24(16)19/h3-15H,1-2H3. The molecule has 4 aromatic rings. The van der Waals surface area contributed by atoms with Gasteiger partial charge in [-0.05, 0) is 66.4 Å². The number of ether oxygens (including phenoxy) is 1. The van der Waals surface area contributed by atoms with Gasteiger partial charge in [0.15, 0.2) is 0 Å². The zero-order chi connectivity index (χ0) is 18.4. The van der Waals surface area contributed by atoms with Gasteiger partial charge in [-0.25, -0.2) is 0 Å². The van der Waals surface area contributed by atoms with E-state index in [1.165, 1.54) is 22.3 Å². The van der Waals surface area contributed by atoms with E-state index in [0.717, 1.165) is 33.9 Å². The van der Waals surface area contributed by atoms with Gasteiger partial charge in [-0.3, -0.25) is 4.98 Å². The van der Waals surface area contributed by atoms with Crippen LogP contribution in [0, 0.1) is 13.8 Å². The second kappa shape index (κ2) is 6.10. The van der Waals surface area contributed by atoms with Crippen LogP contribution in [0.5, 0.6) is 11.5 Å². The van der Waals surface area contributed by atoms with Crippen LogP contribution >= 0.6 is 0 Å². The zero-order valence-corrected chi connectivity index (χ0v) is 15.4. The van der Waals surface area contributed by atoms with E-state index in [-0.39, 0.29) is 0 Å². The number of aryl methyl sites for hydroxylation is 2. The van der Waals surface area contributed by atoms with Crippen LogP contribution in [0.2, 0.25) is 0 Å². The van der Waals surface area contributed by atoms with Crippen LogP contribution in [0.15, 0.2) is 79.0 Å². The molecule has 0 fully saturated rings. The number of pyridine rings is 1. The van der Waals surface area contributed by atoms with Crippen molar-refractivity contribution in [1.29, 1.82) is 0 Å². The summed E-state index contributed by atoms with van der Waals surface area (Å²) in [5.74, 6) is 1.78. The fraction of sp³-hybridized carbons (Fsp3) is 0.0800. The molecule has 0 amide bonds. The van der Waals surface area contributed by atoms with Crippen molar-refractivity contribution in [3.05, 3.63) is 90.1 Å². The summed E-state index contributed by atoms with van der Waals surface area (Å²) in [6.07, 6.45) is 1.85. The molecular formula is C25H19NO. The minimum absolute atomic E-state index is 0.879. The van der Waals surface area contributed by atoms with Gasteiger partial charge in [0.2, 0.25) is 0 Å². The molecule has 0 N–H and O–H groups in total. The number of hydrogen-bond donors (Lipinski definition) is 0. The number of aromatic nitrogens is 1. The van der Waals surface area contributed by atoms with Gasteiger partial charge in [0.05, 0.1) is 5.69 Å². The lowest BCUT2D eigenvalue weighted by Crippen LogP contribution is -1.91. The van der Waals surface area contributed by atoms with E-state index in [9.17, 15) is 0 Å². The van der Waals surface area contributed by atoms with Gasteiger partial charge in [0.1, 0.15) is 11.5 Å². The van der Waals surface area contributed by atoms with Crippen molar-refractivity contribution >= 4 is 0 Å². The van der Waals surface area contributed by atoms with Crippen molar-refractivity contribution < 1.29 is 4.74 Å². The average molecular weight is 349 g/mol. The molecule has 2 nitrogen and oxygen atoms in total. The number of hydrogen-bond acceptors (Lipinski definition) is 2. The molecule has 0 radical (unpaired) electrons. The molecule has 3 aromatic carbocycles. The lowest BCUT2D eigenvalue weighted by atomic mass is 9.90. The Balaban J connectivity index is 1.81. The first-order valence-electron chi connectivity index (χ1n) is 9.15. The van der Waals surface area contributed by atoms with Gasteiger partial charge in [0, 0.05) is 22.9 Å². The van der Waals surface area contributed by atoms with E-state index >= 15 is 0 Å². The maximum Gasteiger partial charge on any atom is 0.135 e. The van der Waals surface area contributed by atoms with E-state index < -0.39 is 0 Å². The van der Waals surface area contributed by atoms with Gasteiger partial charge in [0.25, 0.3) is 0 Å². The van der Waals surface area contributed by atoms with Gasteiger partial charge in [-0.1, -0.05) is 42.5 Å². The molecule has 0 saturated heterocycles. The number of rotatable bonds is 1. The Morgan fingerprint density at radius 1 is 0.667 bits per heavy atom. The maximum absolute atomic E-state index is 6.34. The fourth-order valence-corrected chi connectivity index (χ4v) is 3.90. The molecule has 0 aliphatic carbocycles. The van der Waals surface area contributed by atoms with Gasteiger partial charge < -0.3 is 4.74 Å². The van der Waals surface area contributed by atoms with Crippen LogP contribution in [-0.2, 0) is 0 Å². The second-order valence-corrected chi connectivity index (χ2v) is 6.98. The third-order valence-electron chi connectivity index (χ3n) is 5.20. The summed E-state index contributed by atoms with van der Waals surface area (Å²) in [4.78, 5) is 4.59. The highest BCUT2D eigenvalue weighted by atomic mass is 16.5. The van der Waals surface area contributed by atoms with Crippen LogP contribution in [0.1, 0.15) is 11.1 Å². The summed E-state index contributed by atoms with van der Waals surface area (Å²) < 4.78 is 6.34. The topological polar surface area (TPSA) is 22.1 Å². The molecule has 27 heavy (non-hydrogen) atoms. The summed E-state index contributed by atoms with van der Waals surface area (Å²) >= 11 is 0. The molecule has 2 heteroatoms. The molecule has 2 heterocycles. The predicted octanol–water partition coefficient (Wildman–Crippen LogP) is 6.81. The monoisotopic (exact) mass is 349 g/mol. The number of fused-ring (bicyclic) bond motifs is 5. The zero-order valence-electron chi connectivity index (χ0n) is 15.4. The Kier molecular flexibility index (Phi) is 3.58. The SMILES string of the molecule is Cc1cccnc1-c1ccc2c(c1)-c1cccc(C)c1-c1ccccc1O2. The van der Waals surface area contributed by atoms with Gasteiger partial charge in [-0.2, -0.15) is 0 Å². The molecule has 0 unspecified atom stereocenters. The smallest absolute Gasteiger partial charge is 0.135 e. The minimum atomic E-state index is 0.879. The van der Waals surface area contributed by atoms with Crippen LogP contribution in [0.25, 0.3) is 33.5 Å². The average Bonchev–Trinajstić information content (AvgIpc) is 2.83. The quantitative estimate of drug-likeness (QED) is 0.332. The highest BCUT2D eigenvalue weighted by Crippen LogP contribution is 2.48. The molecular weight excluding hydrogens is 330 g/mol. The van der Waals surface area contributed by atoms with E-state index in [4.69, 9.17) is 4.74 Å². The number of para-hydroxylation sites is 1. The van der Waals surface area contributed by atoms with Crippen molar-refractivity contribution in [1.82, 2.24) is 4.98 Å². The van der Waals surface area contributed by atoms with Crippen molar-refractivity contribution in [2.24, 2.45) is 0 Å². The first-order chi connectivity index (χ1) is 13.2. The lowest BCUT2D eigenvalue weighted by Gasteiger charge is -2.13. The summed E-state index contributed by atoms with van der Waals surface area (Å²) in [6.45, 7) is 4.26. The van der Waals surface area contributed by atoms with E-state index in [2.05, 4.69) is 73.4 Å². The molecule has 1 aromatic heterocycles. The molecule has 0 spiro atoms. The molecule has 1 aliphatic rings. The Morgan fingerprint density at radius 3 is 2.33 bits per heavy atom. The Morgan fingerprint density at radius 2 is 1.44 bits per heavy atom. The fourth-order valence-electron chi connectivity index (χ4n) is 3.90. The predicted molar refractivity (Wildman–Crippen MR) is 110 cm³/mol. The van der Waals surface area contributed by atoms with E-state index in [0.29, 0.717) is 0 Å². The molecule has 5 rings (SSSR count). The van der Waals surface area contributed by atoms with Gasteiger partial charge >= 0.3 is 0 Å². The molecule has 130 valence electrons. The van der Waals surface area contributed by atoms with Crippen LogP contribution < -0.4 is 4.74 Å². The number of benzene rings is 3. The highest BCUT2D eigenvalue weighted by molar-refractivity contribution is 5.93. The van der Waals surface area contributed by atoms with Crippen molar-refractivity contribution in [3.8, 4) is 45.0 Å². The van der Waals surface area contributed by atoms with Crippen LogP contribution in [-0.4, -0.2) is 4.98 Å². The normalized spacial score (nSPS) is 11.6. The van der Waals surface area contributed by atoms with Crippen LogP contribution in [0.3, 0.4) is 0 Å². The van der Waals surface area contributed by atoms with Crippen LogP contribution in [0.4, 0.5) is 0 Å². The highest BCUT2D eigenvalue weighted by Gasteiger charge is 2.22. The molecule has 0 atom stereocenters. The van der Waals surface area contributed by atoms with Crippen molar-refractivity contribution in [2.45, 2.75) is 13.8 Å². The van der Waals surface area contributed by atoms with Crippen molar-refractivity contribution in [2.75, 3.05) is 0 Å². The Labute approximate surface area is 159 Å². The van der Waals surface area contributed by atoms with E-state index in [1.54, 1.807) is 0 Å². The summed E-state index contributed by atoms with van der Waals surface area (Å²) in [5, 5.41) is 0. The minimum Gasteiger partial charge on any atom is -0.456 e. The second-order valence-electron chi connectivity index (χ2n) is 6.98. The Bertz CT molecular complexity index is 1180. The first kappa shape index (κ1) is 15.8. The first-order valence-corrected chi connectivity index (χ1v) is 9.15. The molecule has 1 aliphatic heterocycles. The summed E-state index contributed by atoms with van der Waals surface area (Å²) in [6, 6.07) is 25.1. The number of nitrogens with zero attached hydrogens (tertiary/aromatic N) is 1. The lowest BCUT2D eigenvalue weighted by molar-refractivity contribution is 0.488. The summed E-state index contributed by atoms with van der Waals surface area (Å²) in [5.41, 5.74) is 9.21. The van der Waals surface area contributed by atoms with Gasteiger partial charge in [-0.15, -0.1) is 0 Å². The Hall–Kier alpha value is -3.39. The largest absolute Gasteiger partial charge is 0.456 e. The van der Waals surface area contributed by atoms with Crippen molar-refractivity contribution in [3.63, 3.8) is 0 Å². The molecule has 0 saturated carbocycles. The third-order valence-corrected chi connectivity index (χ3v) is 5.20. The molecule has 0 bridgehead atoms. The third kappa shape index (κ3) is 2.53. The van der Waals surface area contributed by atoms with E-state index in [1.807, 2.05) is 24.4 Å².